The SMILES string of the molecule is CC(C)c1cccc2c1N1CCNCC1C(=O)N2C. The lowest BCUT2D eigenvalue weighted by Gasteiger charge is -2.45. The first-order valence-corrected chi connectivity index (χ1v) is 6.99. The molecule has 4 nitrogen and oxygen atoms in total. The Morgan fingerprint density at radius 2 is 2.16 bits per heavy atom. The summed E-state index contributed by atoms with van der Waals surface area (Å²) in [7, 11) is 1.89. The van der Waals surface area contributed by atoms with Crippen LogP contribution in [0.2, 0.25) is 0 Å². The fourth-order valence-electron chi connectivity index (χ4n) is 3.13. The average Bonchev–Trinajstić information content (AvgIpc) is 2.44. The summed E-state index contributed by atoms with van der Waals surface area (Å²) in [5.74, 6) is 0.660. The minimum atomic E-state index is -0.0499. The molecule has 1 N–H and O–H groups in total. The predicted molar refractivity (Wildman–Crippen MR) is 77.9 cm³/mol. The first kappa shape index (κ1) is 12.5. The van der Waals surface area contributed by atoms with E-state index in [0.717, 1.165) is 25.3 Å². The molecule has 1 aromatic carbocycles. The summed E-state index contributed by atoms with van der Waals surface area (Å²) in [6.45, 7) is 7.02. The van der Waals surface area contributed by atoms with Gasteiger partial charge in [-0.15, -0.1) is 0 Å². The Morgan fingerprint density at radius 3 is 2.89 bits per heavy atom. The van der Waals surface area contributed by atoms with Crippen molar-refractivity contribution in [2.75, 3.05) is 36.5 Å². The molecule has 1 unspecified atom stereocenters. The number of anilines is 2. The Kier molecular flexibility index (Phi) is 2.97. The summed E-state index contributed by atoms with van der Waals surface area (Å²) in [5, 5.41) is 3.33. The summed E-state index contributed by atoms with van der Waals surface area (Å²) < 4.78 is 0. The summed E-state index contributed by atoms with van der Waals surface area (Å²) >= 11 is 0. The number of fused-ring (bicyclic) bond motifs is 3. The van der Waals surface area contributed by atoms with Crippen LogP contribution in [0, 0.1) is 0 Å². The van der Waals surface area contributed by atoms with E-state index >= 15 is 0 Å². The smallest absolute Gasteiger partial charge is 0.250 e. The van der Waals surface area contributed by atoms with Crippen LogP contribution in [-0.2, 0) is 4.79 Å². The molecule has 19 heavy (non-hydrogen) atoms. The van der Waals surface area contributed by atoms with Crippen LogP contribution in [0.4, 0.5) is 11.4 Å². The van der Waals surface area contributed by atoms with Crippen molar-refractivity contribution in [3.63, 3.8) is 0 Å². The Balaban J connectivity index is 2.18. The fraction of sp³-hybridized carbons (Fsp3) is 0.533. The van der Waals surface area contributed by atoms with Crippen molar-refractivity contribution < 1.29 is 4.79 Å². The Labute approximate surface area is 114 Å². The maximum Gasteiger partial charge on any atom is 0.250 e. The van der Waals surface area contributed by atoms with Crippen LogP contribution in [0.5, 0.6) is 0 Å². The van der Waals surface area contributed by atoms with Crippen molar-refractivity contribution in [1.29, 1.82) is 0 Å². The molecule has 1 aromatic rings. The molecule has 2 aliphatic heterocycles. The lowest BCUT2D eigenvalue weighted by Crippen LogP contribution is -2.61. The van der Waals surface area contributed by atoms with Crippen LogP contribution in [0.1, 0.15) is 25.3 Å². The standard InChI is InChI=1S/C15H21N3O/c1-10(2)11-5-4-6-12-14(11)18-8-7-16-9-13(18)15(19)17(12)3/h4-6,10,13,16H,7-9H2,1-3H3. The van der Waals surface area contributed by atoms with Crippen molar-refractivity contribution in [2.24, 2.45) is 0 Å². The largest absolute Gasteiger partial charge is 0.355 e. The van der Waals surface area contributed by atoms with Crippen LogP contribution >= 0.6 is 0 Å². The van der Waals surface area contributed by atoms with Gasteiger partial charge in [0.15, 0.2) is 0 Å². The van der Waals surface area contributed by atoms with E-state index in [2.05, 4.69) is 42.3 Å². The minimum Gasteiger partial charge on any atom is -0.355 e. The zero-order valence-electron chi connectivity index (χ0n) is 11.8. The molecule has 0 radical (unpaired) electrons. The van der Waals surface area contributed by atoms with Crippen molar-refractivity contribution >= 4 is 17.3 Å². The first-order chi connectivity index (χ1) is 9.11. The van der Waals surface area contributed by atoms with E-state index in [1.54, 1.807) is 0 Å². The molecule has 0 bridgehead atoms. The second-order valence-electron chi connectivity index (χ2n) is 5.68. The van der Waals surface area contributed by atoms with Gasteiger partial charge in [-0.1, -0.05) is 26.0 Å². The lowest BCUT2D eigenvalue weighted by atomic mass is 9.94. The lowest BCUT2D eigenvalue weighted by molar-refractivity contribution is -0.120. The molecular weight excluding hydrogens is 238 g/mol. The maximum atomic E-state index is 12.4. The second-order valence-corrected chi connectivity index (χ2v) is 5.68. The summed E-state index contributed by atoms with van der Waals surface area (Å²) in [6.07, 6.45) is 0. The van der Waals surface area contributed by atoms with Gasteiger partial charge in [0.25, 0.3) is 5.91 Å². The molecule has 1 amide bonds. The molecule has 2 aliphatic rings. The molecule has 0 aliphatic carbocycles. The zero-order chi connectivity index (χ0) is 13.6. The molecule has 102 valence electrons. The highest BCUT2D eigenvalue weighted by molar-refractivity contribution is 6.06. The van der Waals surface area contributed by atoms with Gasteiger partial charge in [-0.2, -0.15) is 0 Å². The third-order valence-electron chi connectivity index (χ3n) is 4.18. The second kappa shape index (κ2) is 4.53. The number of carbonyl (C=O) groups excluding carboxylic acids is 1. The van der Waals surface area contributed by atoms with Gasteiger partial charge in [0.05, 0.1) is 11.4 Å². The molecule has 0 aromatic heterocycles. The number of likely N-dealkylation sites (N-methyl/N-ethyl adjacent to an activating group) is 1. The van der Waals surface area contributed by atoms with Crippen molar-refractivity contribution in [3.05, 3.63) is 23.8 Å². The predicted octanol–water partition coefficient (Wildman–Crippen LogP) is 1.56. The highest BCUT2D eigenvalue weighted by atomic mass is 16.2. The van der Waals surface area contributed by atoms with Gasteiger partial charge in [-0.25, -0.2) is 0 Å². The van der Waals surface area contributed by atoms with E-state index < -0.39 is 0 Å². The summed E-state index contributed by atoms with van der Waals surface area (Å²) in [4.78, 5) is 16.6. The van der Waals surface area contributed by atoms with E-state index in [0.29, 0.717) is 5.92 Å². The molecule has 0 saturated carbocycles. The fourth-order valence-corrected chi connectivity index (χ4v) is 3.13. The Hall–Kier alpha value is -1.55. The molecule has 1 fully saturated rings. The number of benzene rings is 1. The number of hydrogen-bond donors (Lipinski definition) is 1. The van der Waals surface area contributed by atoms with E-state index in [1.807, 2.05) is 11.9 Å². The topological polar surface area (TPSA) is 35.6 Å². The third kappa shape index (κ3) is 1.82. The number of piperazine rings is 1. The van der Waals surface area contributed by atoms with Crippen molar-refractivity contribution in [3.8, 4) is 0 Å². The van der Waals surface area contributed by atoms with E-state index in [-0.39, 0.29) is 11.9 Å². The number of carbonyl (C=O) groups is 1. The molecule has 1 atom stereocenters. The number of amides is 1. The van der Waals surface area contributed by atoms with Crippen molar-refractivity contribution in [1.82, 2.24) is 5.32 Å². The van der Waals surface area contributed by atoms with Gasteiger partial charge in [0, 0.05) is 26.7 Å². The van der Waals surface area contributed by atoms with Gasteiger partial charge in [0.2, 0.25) is 0 Å². The molecule has 2 heterocycles. The monoisotopic (exact) mass is 259 g/mol. The van der Waals surface area contributed by atoms with E-state index in [9.17, 15) is 4.79 Å². The average molecular weight is 259 g/mol. The molecule has 3 rings (SSSR count). The number of nitrogens with zero attached hydrogens (tertiary/aromatic N) is 2. The maximum absolute atomic E-state index is 12.4. The van der Waals surface area contributed by atoms with Gasteiger partial charge in [-0.05, 0) is 17.5 Å². The molecule has 4 heteroatoms. The number of nitrogens with one attached hydrogen (secondary N) is 1. The van der Waals surface area contributed by atoms with Crippen molar-refractivity contribution in [2.45, 2.75) is 25.8 Å². The van der Waals surface area contributed by atoms with Crippen LogP contribution in [0.3, 0.4) is 0 Å². The number of rotatable bonds is 1. The minimum absolute atomic E-state index is 0.0499. The van der Waals surface area contributed by atoms with Gasteiger partial charge in [-0.3, -0.25) is 4.79 Å². The van der Waals surface area contributed by atoms with E-state index in [1.165, 1.54) is 11.3 Å². The quantitative estimate of drug-likeness (QED) is 0.831. The zero-order valence-corrected chi connectivity index (χ0v) is 11.8. The van der Waals surface area contributed by atoms with Gasteiger partial charge in [0.1, 0.15) is 6.04 Å². The van der Waals surface area contributed by atoms with Gasteiger partial charge < -0.3 is 15.1 Å². The summed E-state index contributed by atoms with van der Waals surface area (Å²) in [5.41, 5.74) is 3.64. The molecule has 0 spiro atoms. The highest BCUT2D eigenvalue weighted by Crippen LogP contribution is 2.41. The third-order valence-corrected chi connectivity index (χ3v) is 4.18. The van der Waals surface area contributed by atoms with Crippen LogP contribution in [-0.4, -0.2) is 38.6 Å². The number of hydrogen-bond acceptors (Lipinski definition) is 3. The van der Waals surface area contributed by atoms with Crippen LogP contribution in [0.25, 0.3) is 0 Å². The Bertz CT molecular complexity index is 512. The van der Waals surface area contributed by atoms with E-state index in [4.69, 9.17) is 0 Å². The molecular formula is C15H21N3O. The molecule has 1 saturated heterocycles. The van der Waals surface area contributed by atoms with Crippen LogP contribution in [0.15, 0.2) is 18.2 Å². The van der Waals surface area contributed by atoms with Gasteiger partial charge >= 0.3 is 0 Å². The normalized spacial score (nSPS) is 22.5. The number of para-hydroxylation sites is 1. The van der Waals surface area contributed by atoms with Crippen LogP contribution < -0.4 is 15.1 Å². The first-order valence-electron chi connectivity index (χ1n) is 6.99. The Morgan fingerprint density at radius 1 is 1.37 bits per heavy atom. The summed E-state index contributed by atoms with van der Waals surface area (Å²) in [6, 6.07) is 6.25. The highest BCUT2D eigenvalue weighted by Gasteiger charge is 2.39.